The number of guanidine groups is 1. The van der Waals surface area contributed by atoms with Gasteiger partial charge in [-0.05, 0) is 80.2 Å². The number of carbonyl (C=O) groups is 9. The molecule has 0 unspecified atom stereocenters. The van der Waals surface area contributed by atoms with Crippen molar-refractivity contribution in [2.24, 2.45) is 68.4 Å². The van der Waals surface area contributed by atoms with Crippen molar-refractivity contribution in [1.82, 2.24) is 15.3 Å². The number of nitrogens with one attached hydrogen (secondary N) is 2. The van der Waals surface area contributed by atoms with Crippen LogP contribution in [0.15, 0.2) is 72.1 Å². The summed E-state index contributed by atoms with van der Waals surface area (Å²) in [5, 5.41) is 52.8. The number of H-pyrrole nitrogens is 1. The van der Waals surface area contributed by atoms with Crippen molar-refractivity contribution >= 4 is 59.7 Å². The monoisotopic (exact) mass is 1140 g/mol. The molecule has 1 aliphatic rings. The first-order valence-electron chi connectivity index (χ1n) is 24.9. The first kappa shape index (κ1) is 74.1. The summed E-state index contributed by atoms with van der Waals surface area (Å²) in [5.41, 5.74) is 50.6. The third kappa shape index (κ3) is 35.4. The van der Waals surface area contributed by atoms with Crippen LogP contribution in [0.25, 0.3) is 0 Å². The summed E-state index contributed by atoms with van der Waals surface area (Å²) >= 11 is 0. The molecular formula is C50H81N13O17. The lowest BCUT2D eigenvalue weighted by atomic mass is 10.0. The second-order valence-electron chi connectivity index (χ2n) is 18.1. The number of hydrogen-bond acceptors (Lipinski definition) is 21. The number of carboxylic acid groups (broad SMARTS) is 6. The highest BCUT2D eigenvalue weighted by Crippen LogP contribution is 2.15. The Morgan fingerprint density at radius 1 is 0.662 bits per heavy atom. The number of nitrogens with two attached hydrogens (primary N) is 9. The zero-order chi connectivity index (χ0) is 61.7. The van der Waals surface area contributed by atoms with E-state index in [0.717, 1.165) is 42.6 Å². The summed E-state index contributed by atoms with van der Waals surface area (Å²) in [6, 6.07) is 9.25. The Kier molecular flexibility index (Phi) is 38.1. The van der Waals surface area contributed by atoms with E-state index in [9.17, 15) is 43.2 Å². The molecule has 0 bridgehead atoms. The van der Waals surface area contributed by atoms with E-state index in [-0.39, 0.29) is 30.3 Å². The summed E-state index contributed by atoms with van der Waals surface area (Å²) < 4.78 is 9.85. The van der Waals surface area contributed by atoms with Crippen LogP contribution in [0.2, 0.25) is 0 Å². The summed E-state index contributed by atoms with van der Waals surface area (Å²) in [4.78, 5) is 106. The molecule has 1 aliphatic heterocycles. The number of rotatable bonds is 24. The number of imidazole rings is 1. The molecule has 0 amide bonds. The quantitative estimate of drug-likeness (QED) is 0.0116. The van der Waals surface area contributed by atoms with E-state index in [1.807, 2.05) is 44.2 Å². The van der Waals surface area contributed by atoms with Crippen LogP contribution in [0, 0.1) is 11.8 Å². The molecule has 2 aromatic carbocycles. The van der Waals surface area contributed by atoms with Gasteiger partial charge in [-0.1, -0.05) is 76.6 Å². The maximum atomic E-state index is 11.9. The van der Waals surface area contributed by atoms with E-state index in [1.165, 1.54) is 6.33 Å². The molecule has 0 saturated carbocycles. The molecule has 0 radical (unpaired) electrons. The van der Waals surface area contributed by atoms with Gasteiger partial charge in [0.05, 0.1) is 12.7 Å². The van der Waals surface area contributed by atoms with Gasteiger partial charge in [-0.2, -0.15) is 0 Å². The molecule has 1 fully saturated rings. The van der Waals surface area contributed by atoms with Crippen LogP contribution in [0.1, 0.15) is 83.0 Å². The Bertz CT molecular complexity index is 2340. The zero-order valence-corrected chi connectivity index (χ0v) is 45.2. The molecule has 0 spiro atoms. The average molecular weight is 1140 g/mol. The minimum absolute atomic E-state index is 0.0177. The lowest BCUT2D eigenvalue weighted by molar-refractivity contribution is -0.162. The Hall–Kier alpha value is -7.97. The zero-order valence-electron chi connectivity index (χ0n) is 45.2. The Balaban J connectivity index is 0. The first-order chi connectivity index (χ1) is 37.3. The highest BCUT2D eigenvalue weighted by atomic mass is 16.6. The molecule has 30 nitrogen and oxygen atoms in total. The number of esters is 3. The van der Waals surface area contributed by atoms with Gasteiger partial charge in [0.15, 0.2) is 5.96 Å². The Labute approximate surface area is 462 Å². The molecule has 9 atom stereocenters. The maximum Gasteiger partial charge on any atom is 0.330 e. The van der Waals surface area contributed by atoms with E-state index in [1.54, 1.807) is 44.3 Å². The van der Waals surface area contributed by atoms with Gasteiger partial charge in [-0.25, -0.2) is 19.4 Å². The number of carbonyl (C=O) groups excluding carboxylic acids is 3. The number of aliphatic imine (C=N–C) groups is 1. The predicted octanol–water partition coefficient (Wildman–Crippen LogP) is -1.96. The van der Waals surface area contributed by atoms with Gasteiger partial charge in [0.1, 0.15) is 54.1 Å². The van der Waals surface area contributed by atoms with Gasteiger partial charge in [-0.3, -0.25) is 33.8 Å². The molecule has 2 heterocycles. The van der Waals surface area contributed by atoms with Gasteiger partial charge in [0.2, 0.25) is 0 Å². The molecule has 448 valence electrons. The van der Waals surface area contributed by atoms with Crippen LogP contribution in [-0.4, -0.2) is 162 Å². The van der Waals surface area contributed by atoms with Crippen molar-refractivity contribution in [3.63, 3.8) is 0 Å². The van der Waals surface area contributed by atoms with E-state index < -0.39 is 102 Å². The minimum Gasteiger partial charge on any atom is -0.481 e. The number of aromatic amines is 1. The Morgan fingerprint density at radius 2 is 1.20 bits per heavy atom. The second-order valence-corrected chi connectivity index (χ2v) is 18.1. The van der Waals surface area contributed by atoms with E-state index in [4.69, 9.17) is 87.0 Å². The van der Waals surface area contributed by atoms with Gasteiger partial charge in [-0.15, -0.1) is 0 Å². The van der Waals surface area contributed by atoms with Crippen LogP contribution < -0.4 is 61.7 Å². The average Bonchev–Trinajstić information content (AvgIpc) is 4.14. The Morgan fingerprint density at radius 3 is 1.57 bits per heavy atom. The summed E-state index contributed by atoms with van der Waals surface area (Å²) in [5.74, 6) is -7.98. The molecule has 1 saturated heterocycles. The second kappa shape index (κ2) is 41.1. The maximum absolute atomic E-state index is 11.9. The van der Waals surface area contributed by atoms with Crippen molar-refractivity contribution in [2.75, 3.05) is 13.1 Å². The topological polar surface area (TPSA) is 581 Å². The smallest absolute Gasteiger partial charge is 0.330 e. The fraction of sp³-hybridized carbons (Fsp3) is 0.500. The molecule has 4 rings (SSSR count). The largest absolute Gasteiger partial charge is 0.481 e. The minimum atomic E-state index is -1.29. The van der Waals surface area contributed by atoms with Crippen LogP contribution in [0.4, 0.5) is 0 Å². The van der Waals surface area contributed by atoms with Crippen LogP contribution >= 0.6 is 0 Å². The molecule has 0 aliphatic carbocycles. The van der Waals surface area contributed by atoms with Crippen molar-refractivity contribution in [3.05, 3.63) is 83.9 Å². The van der Waals surface area contributed by atoms with Crippen LogP contribution in [0.3, 0.4) is 0 Å². The van der Waals surface area contributed by atoms with E-state index >= 15 is 0 Å². The van der Waals surface area contributed by atoms with Crippen molar-refractivity contribution in [2.45, 2.75) is 134 Å². The highest BCUT2D eigenvalue weighted by molar-refractivity contribution is 5.90. The summed E-state index contributed by atoms with van der Waals surface area (Å²) in [6.45, 7) is 8.48. The predicted molar refractivity (Wildman–Crippen MR) is 291 cm³/mol. The first-order valence-corrected chi connectivity index (χ1v) is 24.9. The third-order valence-electron chi connectivity index (χ3n) is 10.9. The van der Waals surface area contributed by atoms with Gasteiger partial charge < -0.3 is 102 Å². The number of hydrogen-bond donors (Lipinski definition) is 17. The van der Waals surface area contributed by atoms with Crippen LogP contribution in [-0.2, 0) is 67.2 Å². The molecule has 80 heavy (non-hydrogen) atoms. The van der Waals surface area contributed by atoms with E-state index in [0.29, 0.717) is 38.0 Å². The number of ether oxygens (including phenoxy) is 2. The molecular weight excluding hydrogens is 1050 g/mol. The van der Waals surface area contributed by atoms with Gasteiger partial charge in [0.25, 0.3) is 0 Å². The number of carboxylic acids is 6. The number of aromatic nitrogens is 2. The summed E-state index contributed by atoms with van der Waals surface area (Å²) in [7, 11) is 0. The lowest BCUT2D eigenvalue weighted by Crippen LogP contribution is -2.42. The highest BCUT2D eigenvalue weighted by Gasteiger charge is 2.26. The molecule has 26 N–H and O–H groups in total. The van der Waals surface area contributed by atoms with Gasteiger partial charge in [0, 0.05) is 24.9 Å². The molecule has 30 heteroatoms. The fourth-order valence-electron chi connectivity index (χ4n) is 5.72. The number of nitrogens with zero attached hydrogens (tertiary/aromatic N) is 2. The van der Waals surface area contributed by atoms with Gasteiger partial charge >= 0.3 is 53.7 Å². The normalized spacial score (nSPS) is 15.1. The standard InChI is InChI=1S/C15H18N4O4.C12H25N5O3.C9H11NO2.C5H9NO2.C5H11NO2.C4H7NO4/c16-12(14(20)21)5-9-1-3-11(4-2-9)23-15(22)13(17)6-10-7-18-8-19-10;1-3-7(2)9(14)11(19)20-10(18)8(13)5-4-6-17-12(15)16;10-8(9(11)12)6-7-4-2-1-3-5-7;7-5(8)4-2-1-3-6-4;1-3(2)4(6)5(7)8;5-2(4(8)9)1-3(6)7/h1-4,7-8,12-13H,5-6,16-17H2,(H,18,19)(H,20,21);7-9H,3-6,13-14H2,1-2H3,(H4,15,16,17);1-5,8H,6,10H2,(H,11,12);4,6H,1-3H2,(H,7,8);3-4H,6H2,1-2H3,(H,7,8);2H,1,5H2,(H,6,7)(H,8,9)/t12-,13-;7-,8-,9-;8-;2*4-;2-/m000000/s1. The fourth-order valence-corrected chi connectivity index (χ4v) is 5.72. The third-order valence-corrected chi connectivity index (χ3v) is 10.9. The van der Waals surface area contributed by atoms with Crippen molar-refractivity contribution in [1.29, 1.82) is 0 Å². The molecule has 3 aromatic rings. The molecule has 1 aromatic heterocycles. The van der Waals surface area contributed by atoms with Crippen molar-refractivity contribution in [3.8, 4) is 5.75 Å². The van der Waals surface area contributed by atoms with Crippen LogP contribution in [0.5, 0.6) is 5.75 Å². The number of aliphatic carboxylic acids is 6. The van der Waals surface area contributed by atoms with Crippen molar-refractivity contribution < 1.29 is 83.3 Å². The SMILES string of the molecule is CC(C)[C@H](N)C(=O)O.CC[C@H](C)[C@H](N)C(=O)OC(=O)[C@@H](N)CCCN=C(N)N.N[C@@H](CC(=O)O)C(=O)O.N[C@@H](Cc1ccc(OC(=O)[C@@H](N)Cc2cnc[nH]2)cc1)C(=O)O.N[C@@H](Cc1ccccc1)C(=O)O.O=C(O)[C@@H]1CCCN1. The lowest BCUT2D eigenvalue weighted by Gasteiger charge is -2.17. The van der Waals surface area contributed by atoms with E-state index in [2.05, 4.69) is 25.0 Å². The summed E-state index contributed by atoms with van der Waals surface area (Å²) in [6.07, 6.45) is 6.78. The number of benzene rings is 2.